The number of allylic oxidation sites excluding steroid dienone is 8. The molecule has 0 radical (unpaired) electrons. The molecule has 0 amide bonds. The SMILES string of the molecule is O=S(=O)(Cl)C1=CC=CC(C2C=CC=CC2)=CN1. The molecule has 0 spiro atoms. The molecule has 0 aromatic rings. The predicted octanol–water partition coefficient (Wildman–Crippen LogP) is 2.57. The monoisotopic (exact) mass is 269 g/mol. The highest BCUT2D eigenvalue weighted by atomic mass is 35.7. The molecular weight excluding hydrogens is 258 g/mol. The maximum Gasteiger partial charge on any atom is 0.276 e. The van der Waals surface area contributed by atoms with E-state index in [0.29, 0.717) is 0 Å². The van der Waals surface area contributed by atoms with Crippen LogP contribution in [0.1, 0.15) is 6.42 Å². The molecule has 2 rings (SSSR count). The smallest absolute Gasteiger partial charge is 0.276 e. The van der Waals surface area contributed by atoms with E-state index in [1.807, 2.05) is 18.2 Å². The molecule has 1 atom stereocenters. The molecule has 1 heterocycles. The summed E-state index contributed by atoms with van der Waals surface area (Å²) in [6.07, 6.45) is 15.8. The fourth-order valence-electron chi connectivity index (χ4n) is 1.71. The van der Waals surface area contributed by atoms with Gasteiger partial charge in [-0.05, 0) is 18.1 Å². The fourth-order valence-corrected chi connectivity index (χ4v) is 2.44. The molecule has 5 heteroatoms. The molecule has 0 fully saturated rings. The summed E-state index contributed by atoms with van der Waals surface area (Å²) in [5.74, 6) is 0.273. The molecule has 3 nitrogen and oxygen atoms in total. The molecule has 17 heavy (non-hydrogen) atoms. The summed E-state index contributed by atoms with van der Waals surface area (Å²) in [6, 6.07) is 0. The standard InChI is InChI=1S/C12H12ClNO2S/c13-17(15,16)12-8-4-7-11(9-14-12)10-5-2-1-3-6-10/h1-5,7-10,14H,6H2. The van der Waals surface area contributed by atoms with Crippen LogP contribution in [0.3, 0.4) is 0 Å². The van der Waals surface area contributed by atoms with Crippen LogP contribution in [-0.2, 0) is 9.05 Å². The molecule has 1 unspecified atom stereocenters. The second-order valence-corrected chi connectivity index (χ2v) is 6.31. The Morgan fingerprint density at radius 1 is 1.29 bits per heavy atom. The maximum atomic E-state index is 11.2. The lowest BCUT2D eigenvalue weighted by atomic mass is 9.93. The average molecular weight is 270 g/mol. The fraction of sp³-hybridized carbons (Fsp3) is 0.167. The van der Waals surface area contributed by atoms with Gasteiger partial charge in [-0.1, -0.05) is 36.5 Å². The van der Waals surface area contributed by atoms with E-state index in [1.54, 1.807) is 12.3 Å². The summed E-state index contributed by atoms with van der Waals surface area (Å²) in [6.45, 7) is 0. The zero-order valence-corrected chi connectivity index (χ0v) is 10.6. The van der Waals surface area contributed by atoms with Crippen LogP contribution < -0.4 is 5.32 Å². The normalized spacial score (nSPS) is 23.7. The molecule has 0 saturated heterocycles. The first kappa shape index (κ1) is 12.2. The Balaban J connectivity index is 2.18. The van der Waals surface area contributed by atoms with Gasteiger partial charge in [0.25, 0.3) is 9.05 Å². The number of hydrogen-bond acceptors (Lipinski definition) is 3. The highest BCUT2D eigenvalue weighted by molar-refractivity contribution is 8.16. The van der Waals surface area contributed by atoms with E-state index in [-0.39, 0.29) is 10.9 Å². The van der Waals surface area contributed by atoms with Crippen molar-refractivity contribution in [2.24, 2.45) is 5.92 Å². The summed E-state index contributed by atoms with van der Waals surface area (Å²) >= 11 is 0. The van der Waals surface area contributed by atoms with Crippen molar-refractivity contribution in [3.05, 3.63) is 59.3 Å². The molecule has 0 aromatic carbocycles. The van der Waals surface area contributed by atoms with Gasteiger partial charge in [0.15, 0.2) is 0 Å². The Morgan fingerprint density at radius 3 is 2.76 bits per heavy atom. The van der Waals surface area contributed by atoms with Crippen LogP contribution in [0.2, 0.25) is 0 Å². The minimum atomic E-state index is -3.71. The van der Waals surface area contributed by atoms with E-state index >= 15 is 0 Å². The Labute approximate surface area is 105 Å². The highest BCUT2D eigenvalue weighted by Crippen LogP contribution is 2.23. The summed E-state index contributed by atoms with van der Waals surface area (Å²) < 4.78 is 22.3. The van der Waals surface area contributed by atoms with Gasteiger partial charge >= 0.3 is 0 Å². The van der Waals surface area contributed by atoms with Gasteiger partial charge in [0, 0.05) is 22.8 Å². The Kier molecular flexibility index (Phi) is 3.54. The van der Waals surface area contributed by atoms with Gasteiger partial charge in [-0.3, -0.25) is 0 Å². The van der Waals surface area contributed by atoms with Gasteiger partial charge in [-0.15, -0.1) is 0 Å². The predicted molar refractivity (Wildman–Crippen MR) is 69.6 cm³/mol. The molecule has 1 N–H and O–H groups in total. The van der Waals surface area contributed by atoms with Crippen LogP contribution in [0, 0.1) is 5.92 Å². The van der Waals surface area contributed by atoms with Crippen molar-refractivity contribution in [1.82, 2.24) is 5.32 Å². The zero-order chi connectivity index (χ0) is 12.3. The summed E-state index contributed by atoms with van der Waals surface area (Å²) in [7, 11) is 1.56. The van der Waals surface area contributed by atoms with Crippen molar-refractivity contribution in [2.45, 2.75) is 6.42 Å². The molecule has 1 aliphatic heterocycles. The van der Waals surface area contributed by atoms with Gasteiger partial charge < -0.3 is 5.32 Å². The third kappa shape index (κ3) is 3.11. The molecule has 90 valence electrons. The molecule has 0 aromatic heterocycles. The van der Waals surface area contributed by atoms with Gasteiger partial charge in [-0.25, -0.2) is 8.42 Å². The van der Waals surface area contributed by atoms with Gasteiger partial charge in [0.05, 0.1) is 0 Å². The first-order chi connectivity index (χ1) is 8.07. The molecule has 1 aliphatic carbocycles. The average Bonchev–Trinajstić information content (AvgIpc) is 2.55. The van der Waals surface area contributed by atoms with Crippen LogP contribution in [0.5, 0.6) is 0 Å². The molecule has 0 saturated carbocycles. The van der Waals surface area contributed by atoms with Crippen molar-refractivity contribution in [1.29, 1.82) is 0 Å². The van der Waals surface area contributed by atoms with Crippen molar-refractivity contribution in [2.75, 3.05) is 0 Å². The van der Waals surface area contributed by atoms with Crippen molar-refractivity contribution in [3.8, 4) is 0 Å². The zero-order valence-electron chi connectivity index (χ0n) is 9.01. The summed E-state index contributed by atoms with van der Waals surface area (Å²) in [4.78, 5) is 0. The van der Waals surface area contributed by atoms with Crippen LogP contribution in [0.25, 0.3) is 0 Å². The van der Waals surface area contributed by atoms with Crippen molar-refractivity contribution >= 4 is 19.7 Å². The summed E-state index contributed by atoms with van der Waals surface area (Å²) in [5.41, 5.74) is 1.03. The van der Waals surface area contributed by atoms with Crippen molar-refractivity contribution in [3.63, 3.8) is 0 Å². The molecular formula is C12H12ClNO2S. The number of rotatable bonds is 2. The molecule has 0 bridgehead atoms. The lowest BCUT2D eigenvalue weighted by Crippen LogP contribution is -2.12. The van der Waals surface area contributed by atoms with E-state index in [4.69, 9.17) is 10.7 Å². The third-order valence-corrected chi connectivity index (χ3v) is 3.87. The highest BCUT2D eigenvalue weighted by Gasteiger charge is 2.15. The number of nitrogens with one attached hydrogen (secondary N) is 1. The van der Waals surface area contributed by atoms with E-state index < -0.39 is 9.05 Å². The second-order valence-electron chi connectivity index (χ2n) is 3.77. The lowest BCUT2D eigenvalue weighted by Gasteiger charge is -2.14. The van der Waals surface area contributed by atoms with Gasteiger partial charge in [0.1, 0.15) is 5.03 Å². The first-order valence-corrected chi connectivity index (χ1v) is 7.51. The van der Waals surface area contributed by atoms with Crippen molar-refractivity contribution < 1.29 is 8.42 Å². The van der Waals surface area contributed by atoms with E-state index in [9.17, 15) is 8.42 Å². The Hall–Kier alpha value is -1.26. The maximum absolute atomic E-state index is 11.2. The van der Waals surface area contributed by atoms with Crippen LogP contribution in [-0.4, -0.2) is 8.42 Å². The van der Waals surface area contributed by atoms with Gasteiger partial charge in [0.2, 0.25) is 0 Å². The Morgan fingerprint density at radius 2 is 2.12 bits per heavy atom. The topological polar surface area (TPSA) is 46.2 Å². The van der Waals surface area contributed by atoms with Gasteiger partial charge in [-0.2, -0.15) is 0 Å². The second kappa shape index (κ2) is 4.94. The quantitative estimate of drug-likeness (QED) is 0.784. The van der Waals surface area contributed by atoms with Crippen LogP contribution in [0.4, 0.5) is 0 Å². The lowest BCUT2D eigenvalue weighted by molar-refractivity contribution is 0.612. The number of halogens is 1. The van der Waals surface area contributed by atoms with E-state index in [2.05, 4.69) is 17.5 Å². The Bertz CT molecular complexity index is 553. The van der Waals surface area contributed by atoms with E-state index in [1.165, 1.54) is 6.08 Å². The molecule has 2 aliphatic rings. The minimum absolute atomic E-state index is 0.000692. The minimum Gasteiger partial charge on any atom is -0.351 e. The van der Waals surface area contributed by atoms with Crippen LogP contribution in [0.15, 0.2) is 59.3 Å². The van der Waals surface area contributed by atoms with E-state index in [0.717, 1.165) is 12.0 Å². The largest absolute Gasteiger partial charge is 0.351 e. The first-order valence-electron chi connectivity index (χ1n) is 5.20. The third-order valence-electron chi connectivity index (χ3n) is 2.59. The summed E-state index contributed by atoms with van der Waals surface area (Å²) in [5, 5.41) is 2.73. The number of hydrogen-bond donors (Lipinski definition) is 1. The van der Waals surface area contributed by atoms with Crippen LogP contribution >= 0.6 is 10.7 Å².